The predicted octanol–water partition coefficient (Wildman–Crippen LogP) is 12.4. The second-order valence-corrected chi connectivity index (χ2v) is 15.3. The number of benzene rings is 7. The second-order valence-electron chi connectivity index (χ2n) is 15.3. The Morgan fingerprint density at radius 1 is 0.434 bits per heavy atom. The Morgan fingerprint density at radius 2 is 0.925 bits per heavy atom. The fourth-order valence-electron chi connectivity index (χ4n) is 8.67. The van der Waals surface area contributed by atoms with Crippen molar-refractivity contribution in [2.24, 2.45) is 0 Å². The van der Waals surface area contributed by atoms with E-state index < -0.39 is 0 Å². The lowest BCUT2D eigenvalue weighted by atomic mass is 9.54. The predicted molar refractivity (Wildman–Crippen MR) is 219 cm³/mol. The van der Waals surface area contributed by atoms with Crippen LogP contribution < -0.4 is 0 Å². The molecule has 0 fully saturated rings. The van der Waals surface area contributed by atoms with E-state index in [4.69, 9.17) is 15.0 Å². The van der Waals surface area contributed by atoms with Gasteiger partial charge >= 0.3 is 0 Å². The SMILES string of the molecule is CC1(C)c2ccccc2-c2c(c3c(c4ccccc24)c2ccccc2n3-c2ccc(-c3nc(-c4ccccc4)nc(-c4ccccc4)n3)cc2)C1(C)C. The molecule has 0 saturated heterocycles. The average Bonchev–Trinajstić information content (AvgIpc) is 3.55. The zero-order chi connectivity index (χ0) is 35.9. The molecule has 1 aliphatic rings. The molecule has 9 aromatic rings. The molecule has 2 heterocycles. The molecular formula is C49H38N4. The average molecular weight is 683 g/mol. The Labute approximate surface area is 309 Å². The zero-order valence-corrected chi connectivity index (χ0v) is 30.3. The van der Waals surface area contributed by atoms with E-state index in [0.717, 1.165) is 22.4 Å². The van der Waals surface area contributed by atoms with Gasteiger partial charge in [-0.1, -0.05) is 155 Å². The maximum Gasteiger partial charge on any atom is 0.164 e. The number of hydrogen-bond acceptors (Lipinski definition) is 3. The van der Waals surface area contributed by atoms with Gasteiger partial charge in [0, 0.05) is 38.6 Å². The third-order valence-electron chi connectivity index (χ3n) is 12.0. The third kappa shape index (κ3) is 4.58. The Hall–Kier alpha value is -6.39. The van der Waals surface area contributed by atoms with E-state index in [2.05, 4.69) is 129 Å². The zero-order valence-electron chi connectivity index (χ0n) is 30.3. The topological polar surface area (TPSA) is 43.6 Å². The molecule has 0 amide bonds. The van der Waals surface area contributed by atoms with Crippen molar-refractivity contribution in [3.05, 3.63) is 169 Å². The monoisotopic (exact) mass is 682 g/mol. The molecule has 0 saturated carbocycles. The fraction of sp³-hybridized carbons (Fsp3) is 0.122. The highest BCUT2D eigenvalue weighted by atomic mass is 15.0. The van der Waals surface area contributed by atoms with Crippen molar-refractivity contribution in [1.29, 1.82) is 0 Å². The van der Waals surface area contributed by atoms with Gasteiger partial charge in [-0.3, -0.25) is 0 Å². The third-order valence-corrected chi connectivity index (χ3v) is 12.0. The van der Waals surface area contributed by atoms with Gasteiger partial charge in [0.25, 0.3) is 0 Å². The van der Waals surface area contributed by atoms with Gasteiger partial charge in [-0.15, -0.1) is 0 Å². The van der Waals surface area contributed by atoms with Crippen molar-refractivity contribution in [1.82, 2.24) is 19.5 Å². The van der Waals surface area contributed by atoms with Gasteiger partial charge in [0.15, 0.2) is 17.5 Å². The number of nitrogens with zero attached hydrogens (tertiary/aromatic N) is 4. The van der Waals surface area contributed by atoms with Crippen LogP contribution in [0, 0.1) is 0 Å². The van der Waals surface area contributed by atoms with E-state index in [0.29, 0.717) is 17.5 Å². The first-order valence-electron chi connectivity index (χ1n) is 18.4. The highest BCUT2D eigenvalue weighted by molar-refractivity contribution is 6.26. The van der Waals surface area contributed by atoms with Crippen LogP contribution in [-0.4, -0.2) is 19.5 Å². The minimum Gasteiger partial charge on any atom is -0.309 e. The molecule has 0 atom stereocenters. The molecule has 0 aliphatic heterocycles. The molecule has 53 heavy (non-hydrogen) atoms. The Kier molecular flexibility index (Phi) is 6.84. The van der Waals surface area contributed by atoms with Gasteiger partial charge in [0.2, 0.25) is 0 Å². The lowest BCUT2D eigenvalue weighted by Gasteiger charge is -2.49. The van der Waals surface area contributed by atoms with Crippen molar-refractivity contribution in [3.8, 4) is 51.0 Å². The van der Waals surface area contributed by atoms with Crippen LogP contribution in [0.4, 0.5) is 0 Å². The Morgan fingerprint density at radius 3 is 1.55 bits per heavy atom. The molecule has 0 bridgehead atoms. The second kappa shape index (κ2) is 11.6. The fourth-order valence-corrected chi connectivity index (χ4v) is 8.67. The van der Waals surface area contributed by atoms with Crippen LogP contribution in [0.3, 0.4) is 0 Å². The van der Waals surface area contributed by atoms with Crippen molar-refractivity contribution in [2.45, 2.75) is 38.5 Å². The van der Waals surface area contributed by atoms with Crippen LogP contribution >= 0.6 is 0 Å². The molecule has 0 N–H and O–H groups in total. The molecular weight excluding hydrogens is 645 g/mol. The smallest absolute Gasteiger partial charge is 0.164 e. The number of aromatic nitrogens is 4. The largest absolute Gasteiger partial charge is 0.309 e. The lowest BCUT2D eigenvalue weighted by molar-refractivity contribution is 0.301. The summed E-state index contributed by atoms with van der Waals surface area (Å²) in [5, 5.41) is 5.16. The van der Waals surface area contributed by atoms with Crippen LogP contribution in [-0.2, 0) is 10.8 Å². The minimum absolute atomic E-state index is 0.122. The van der Waals surface area contributed by atoms with E-state index in [1.165, 1.54) is 54.8 Å². The van der Waals surface area contributed by atoms with Gasteiger partial charge in [-0.05, 0) is 68.8 Å². The molecule has 254 valence electrons. The van der Waals surface area contributed by atoms with Crippen LogP contribution in [0.2, 0.25) is 0 Å². The summed E-state index contributed by atoms with van der Waals surface area (Å²) in [7, 11) is 0. The van der Waals surface area contributed by atoms with E-state index in [-0.39, 0.29) is 10.8 Å². The van der Waals surface area contributed by atoms with Gasteiger partial charge in [0.1, 0.15) is 0 Å². The van der Waals surface area contributed by atoms with Crippen molar-refractivity contribution in [2.75, 3.05) is 0 Å². The number of hydrogen-bond donors (Lipinski definition) is 0. The van der Waals surface area contributed by atoms with Crippen molar-refractivity contribution < 1.29 is 0 Å². The summed E-state index contributed by atoms with van der Waals surface area (Å²) in [6.45, 7) is 9.71. The van der Waals surface area contributed by atoms with E-state index in [9.17, 15) is 0 Å². The normalized spacial score (nSPS) is 14.3. The van der Waals surface area contributed by atoms with Crippen molar-refractivity contribution >= 4 is 32.6 Å². The summed E-state index contributed by atoms with van der Waals surface area (Å²) in [5.41, 5.74) is 11.6. The van der Waals surface area contributed by atoms with Crippen LogP contribution in [0.1, 0.15) is 38.8 Å². The summed E-state index contributed by atoms with van der Waals surface area (Å²) in [4.78, 5) is 14.9. The number of fused-ring (bicyclic) bond motifs is 10. The van der Waals surface area contributed by atoms with E-state index in [1.807, 2.05) is 60.7 Å². The van der Waals surface area contributed by atoms with Gasteiger partial charge < -0.3 is 4.57 Å². The minimum atomic E-state index is -0.197. The Bertz CT molecular complexity index is 2810. The highest BCUT2D eigenvalue weighted by Gasteiger charge is 2.48. The molecule has 1 aliphatic carbocycles. The Balaban J connectivity index is 1.24. The van der Waals surface area contributed by atoms with E-state index in [1.54, 1.807) is 0 Å². The van der Waals surface area contributed by atoms with Crippen LogP contribution in [0.25, 0.3) is 83.6 Å². The number of rotatable bonds is 4. The van der Waals surface area contributed by atoms with Gasteiger partial charge in [-0.2, -0.15) is 0 Å². The summed E-state index contributed by atoms with van der Waals surface area (Å²) in [5.74, 6) is 1.96. The summed E-state index contributed by atoms with van der Waals surface area (Å²) in [6, 6.07) is 56.0. The maximum absolute atomic E-state index is 5.01. The van der Waals surface area contributed by atoms with Gasteiger partial charge in [-0.25, -0.2) is 15.0 Å². The maximum atomic E-state index is 5.01. The summed E-state index contributed by atoms with van der Waals surface area (Å²) >= 11 is 0. The molecule has 0 spiro atoms. The quantitative estimate of drug-likeness (QED) is 0.186. The summed E-state index contributed by atoms with van der Waals surface area (Å²) in [6.07, 6.45) is 0. The van der Waals surface area contributed by atoms with Crippen LogP contribution in [0.5, 0.6) is 0 Å². The van der Waals surface area contributed by atoms with Crippen LogP contribution in [0.15, 0.2) is 158 Å². The molecule has 10 rings (SSSR count). The lowest BCUT2D eigenvalue weighted by Crippen LogP contribution is -2.44. The molecule has 0 radical (unpaired) electrons. The summed E-state index contributed by atoms with van der Waals surface area (Å²) < 4.78 is 2.50. The highest BCUT2D eigenvalue weighted by Crippen LogP contribution is 2.58. The number of para-hydroxylation sites is 1. The molecule has 7 aromatic carbocycles. The first-order valence-corrected chi connectivity index (χ1v) is 18.4. The van der Waals surface area contributed by atoms with E-state index >= 15 is 0 Å². The standard InChI is InChI=1S/C49H38N4/c1-48(2)39-25-15-13-23-37(39)41-35-21-11-12-22-36(35)42-38-24-14-16-26-40(38)53(44(42)43(41)49(48,3)4)34-29-27-33(28-30-34)47-51-45(31-17-7-5-8-18-31)50-46(52-47)32-19-9-6-10-20-32/h5-30H,1-4H3. The van der Waals surface area contributed by atoms with Crippen molar-refractivity contribution in [3.63, 3.8) is 0 Å². The molecule has 2 aromatic heterocycles. The molecule has 4 nitrogen and oxygen atoms in total. The molecule has 4 heteroatoms. The van der Waals surface area contributed by atoms with Gasteiger partial charge in [0.05, 0.1) is 11.0 Å². The first-order chi connectivity index (χ1) is 25.8. The molecule has 0 unspecified atom stereocenters. The first kappa shape index (κ1) is 31.4.